The van der Waals surface area contributed by atoms with Crippen molar-refractivity contribution in [2.24, 2.45) is 10.1 Å². The summed E-state index contributed by atoms with van der Waals surface area (Å²) in [5.41, 5.74) is 3.38. The van der Waals surface area contributed by atoms with Crippen LogP contribution in [-0.4, -0.2) is 44.2 Å². The zero-order chi connectivity index (χ0) is 21.5. The fourth-order valence-electron chi connectivity index (χ4n) is 2.68. The molecule has 3 N–H and O–H groups in total. The number of amides is 2. The van der Waals surface area contributed by atoms with Crippen molar-refractivity contribution in [2.75, 3.05) is 19.5 Å². The predicted octanol–water partition coefficient (Wildman–Crippen LogP) is 1.65. The number of nitrogens with one attached hydrogen (secondary N) is 3. The number of anilines is 1. The molecule has 2 aromatic carbocycles. The third kappa shape index (κ3) is 5.10. The van der Waals surface area contributed by atoms with Gasteiger partial charge in [0.2, 0.25) is 11.9 Å². The molecular weight excluding hydrogens is 393 g/mol. The van der Waals surface area contributed by atoms with E-state index >= 15 is 0 Å². The van der Waals surface area contributed by atoms with Crippen molar-refractivity contribution < 1.29 is 23.5 Å². The molecule has 3 rings (SSSR count). The molecule has 30 heavy (non-hydrogen) atoms. The Morgan fingerprint density at radius 1 is 1.23 bits per heavy atom. The Kier molecular flexibility index (Phi) is 6.58. The number of carbonyl (C=O) groups is 2. The number of hydrogen-bond donors (Lipinski definition) is 3. The van der Waals surface area contributed by atoms with Crippen LogP contribution >= 0.6 is 0 Å². The topological polar surface area (TPSA) is 113 Å². The third-order valence-corrected chi connectivity index (χ3v) is 4.15. The molecule has 1 atom stereocenters. The smallest absolute Gasteiger partial charge is 0.252 e. The van der Waals surface area contributed by atoms with Crippen LogP contribution in [0.5, 0.6) is 11.5 Å². The Labute approximate surface area is 172 Å². The molecule has 0 radical (unpaired) electrons. The van der Waals surface area contributed by atoms with Crippen LogP contribution in [0.2, 0.25) is 0 Å². The van der Waals surface area contributed by atoms with Crippen LogP contribution in [0, 0.1) is 5.82 Å². The van der Waals surface area contributed by atoms with Gasteiger partial charge in [-0.15, -0.1) is 0 Å². The zero-order valence-electron chi connectivity index (χ0n) is 16.3. The number of hydrogen-bond acceptors (Lipinski definition) is 7. The van der Waals surface area contributed by atoms with Crippen LogP contribution in [0.1, 0.15) is 12.0 Å². The second-order valence-electron chi connectivity index (χ2n) is 6.20. The number of guanidine groups is 1. The Bertz CT molecular complexity index is 1010. The number of para-hydroxylation sites is 1. The summed E-state index contributed by atoms with van der Waals surface area (Å²) in [4.78, 5) is 28.2. The van der Waals surface area contributed by atoms with E-state index in [0.717, 1.165) is 5.56 Å². The fraction of sp³-hybridized carbons (Fsp3) is 0.200. The van der Waals surface area contributed by atoms with Gasteiger partial charge in [-0.05, 0) is 35.9 Å². The van der Waals surface area contributed by atoms with E-state index in [9.17, 15) is 14.0 Å². The molecule has 1 aliphatic heterocycles. The summed E-state index contributed by atoms with van der Waals surface area (Å²) < 4.78 is 24.0. The molecule has 10 heteroatoms. The maximum atomic E-state index is 13.6. The number of benzene rings is 2. The molecule has 2 aromatic rings. The molecule has 0 aliphatic carbocycles. The summed E-state index contributed by atoms with van der Waals surface area (Å²) in [6, 6.07) is 10.1. The number of hydrazone groups is 1. The molecule has 1 heterocycles. The van der Waals surface area contributed by atoms with E-state index in [4.69, 9.17) is 9.47 Å². The van der Waals surface area contributed by atoms with Gasteiger partial charge in [0.05, 0.1) is 32.5 Å². The molecule has 0 aromatic heterocycles. The molecular formula is C20H20FN5O4. The molecule has 0 unspecified atom stereocenters. The van der Waals surface area contributed by atoms with Crippen molar-refractivity contribution in [3.05, 3.63) is 53.8 Å². The van der Waals surface area contributed by atoms with E-state index in [0.29, 0.717) is 11.5 Å². The minimum absolute atomic E-state index is 0.0442. The molecule has 9 nitrogen and oxygen atoms in total. The Morgan fingerprint density at radius 2 is 2.00 bits per heavy atom. The van der Waals surface area contributed by atoms with Crippen molar-refractivity contribution in [1.29, 1.82) is 0 Å². The molecule has 1 aliphatic rings. The first kappa shape index (κ1) is 20.8. The number of aliphatic imine (C=N–C) groups is 1. The number of methoxy groups -OCH3 is 2. The zero-order valence-corrected chi connectivity index (χ0v) is 16.3. The average molecular weight is 413 g/mol. The van der Waals surface area contributed by atoms with Gasteiger partial charge in [-0.2, -0.15) is 5.10 Å². The summed E-state index contributed by atoms with van der Waals surface area (Å²) >= 11 is 0. The van der Waals surface area contributed by atoms with Crippen LogP contribution in [0.25, 0.3) is 0 Å². The molecule has 0 saturated carbocycles. The van der Waals surface area contributed by atoms with Gasteiger partial charge in [0, 0.05) is 0 Å². The highest BCUT2D eigenvalue weighted by Crippen LogP contribution is 2.26. The minimum Gasteiger partial charge on any atom is -0.493 e. The van der Waals surface area contributed by atoms with Gasteiger partial charge in [0.1, 0.15) is 11.9 Å². The number of carbonyl (C=O) groups excluding carboxylic acids is 2. The summed E-state index contributed by atoms with van der Waals surface area (Å²) in [7, 11) is 3.07. The lowest BCUT2D eigenvalue weighted by atomic mass is 10.2. The molecule has 156 valence electrons. The van der Waals surface area contributed by atoms with Crippen LogP contribution in [0.15, 0.2) is 52.6 Å². The highest BCUT2D eigenvalue weighted by atomic mass is 19.1. The summed E-state index contributed by atoms with van der Waals surface area (Å²) in [6.07, 6.45) is 1.28. The van der Waals surface area contributed by atoms with E-state index in [2.05, 4.69) is 26.2 Å². The summed E-state index contributed by atoms with van der Waals surface area (Å²) in [6.45, 7) is 0. The second kappa shape index (κ2) is 9.50. The number of ether oxygens (including phenoxy) is 2. The first-order valence-electron chi connectivity index (χ1n) is 8.94. The van der Waals surface area contributed by atoms with Gasteiger partial charge in [0.25, 0.3) is 5.91 Å². The lowest BCUT2D eigenvalue weighted by Crippen LogP contribution is -2.35. The largest absolute Gasteiger partial charge is 0.493 e. The quantitative estimate of drug-likeness (QED) is 0.472. The summed E-state index contributed by atoms with van der Waals surface area (Å²) in [5.74, 6) is -0.292. The van der Waals surface area contributed by atoms with Crippen LogP contribution in [-0.2, 0) is 9.59 Å². The monoisotopic (exact) mass is 413 g/mol. The van der Waals surface area contributed by atoms with Gasteiger partial charge in [-0.25, -0.2) is 14.8 Å². The van der Waals surface area contributed by atoms with Crippen molar-refractivity contribution in [2.45, 2.75) is 12.5 Å². The van der Waals surface area contributed by atoms with Crippen LogP contribution < -0.4 is 25.5 Å². The van der Waals surface area contributed by atoms with E-state index in [1.54, 1.807) is 31.4 Å². The van der Waals surface area contributed by atoms with E-state index in [1.807, 2.05) is 0 Å². The van der Waals surface area contributed by atoms with Gasteiger partial charge in [-0.3, -0.25) is 14.9 Å². The molecule has 0 bridgehead atoms. The van der Waals surface area contributed by atoms with E-state index in [-0.39, 0.29) is 18.1 Å². The fourth-order valence-corrected chi connectivity index (χ4v) is 2.68. The van der Waals surface area contributed by atoms with Crippen molar-refractivity contribution in [3.8, 4) is 11.5 Å². The Balaban J connectivity index is 1.57. The second-order valence-corrected chi connectivity index (χ2v) is 6.20. The van der Waals surface area contributed by atoms with E-state index < -0.39 is 23.7 Å². The SMILES string of the molecule is COc1ccc(/C=N\NC2=N[C@H](CC(=O)Nc3ccccc3F)C(=O)N2)cc1OC. The number of nitrogens with zero attached hydrogens (tertiary/aromatic N) is 2. The van der Waals surface area contributed by atoms with Gasteiger partial charge >= 0.3 is 0 Å². The molecule has 0 spiro atoms. The Hall–Kier alpha value is -3.95. The van der Waals surface area contributed by atoms with Crippen molar-refractivity contribution >= 4 is 29.7 Å². The number of halogens is 1. The van der Waals surface area contributed by atoms with Gasteiger partial charge < -0.3 is 14.8 Å². The molecule has 0 fully saturated rings. The maximum Gasteiger partial charge on any atom is 0.252 e. The predicted molar refractivity (Wildman–Crippen MR) is 109 cm³/mol. The normalized spacial score (nSPS) is 15.5. The highest BCUT2D eigenvalue weighted by Gasteiger charge is 2.28. The van der Waals surface area contributed by atoms with Gasteiger partial charge in [-0.1, -0.05) is 12.1 Å². The van der Waals surface area contributed by atoms with E-state index in [1.165, 1.54) is 31.5 Å². The Morgan fingerprint density at radius 3 is 2.73 bits per heavy atom. The lowest BCUT2D eigenvalue weighted by Gasteiger charge is -2.07. The molecule has 2 amide bonds. The van der Waals surface area contributed by atoms with Gasteiger partial charge in [0.15, 0.2) is 11.5 Å². The molecule has 0 saturated heterocycles. The number of rotatable bonds is 7. The average Bonchev–Trinajstić information content (AvgIpc) is 3.08. The van der Waals surface area contributed by atoms with Crippen molar-refractivity contribution in [3.63, 3.8) is 0 Å². The maximum absolute atomic E-state index is 13.6. The minimum atomic E-state index is -0.935. The van der Waals surface area contributed by atoms with Crippen LogP contribution in [0.3, 0.4) is 0 Å². The lowest BCUT2D eigenvalue weighted by molar-refractivity contribution is -0.123. The first-order valence-corrected chi connectivity index (χ1v) is 8.94. The van der Waals surface area contributed by atoms with Crippen LogP contribution in [0.4, 0.5) is 10.1 Å². The summed E-state index contributed by atoms with van der Waals surface area (Å²) in [5, 5.41) is 8.94. The standard InChI is InChI=1S/C20H20FN5O4/c1-29-16-8-7-12(9-17(16)30-2)11-22-26-20-24-15(19(28)25-20)10-18(27)23-14-6-4-3-5-13(14)21/h3-9,11,15H,10H2,1-2H3,(H,23,27)(H2,24,25,26,28)/b22-11-/t15-/m1/s1. The third-order valence-electron chi connectivity index (χ3n) is 4.15. The first-order chi connectivity index (χ1) is 14.5. The highest BCUT2D eigenvalue weighted by molar-refractivity contribution is 6.07. The van der Waals surface area contributed by atoms with Crippen molar-refractivity contribution in [1.82, 2.24) is 10.7 Å².